The van der Waals surface area contributed by atoms with Crippen LogP contribution in [0.25, 0.3) is 0 Å². The second kappa shape index (κ2) is 8.21. The molecular weight excluding hydrogens is 362 g/mol. The van der Waals surface area contributed by atoms with Crippen molar-refractivity contribution in [1.29, 1.82) is 0 Å². The fraction of sp³-hybridized carbons (Fsp3) is 0.350. The molecule has 1 unspecified atom stereocenters. The number of nitrogens with zero attached hydrogens (tertiary/aromatic N) is 1. The molecule has 0 fully saturated rings. The highest BCUT2D eigenvalue weighted by Crippen LogP contribution is 2.19. The second-order valence-corrected chi connectivity index (χ2v) is 9.01. The van der Waals surface area contributed by atoms with E-state index in [0.29, 0.717) is 0 Å². The van der Waals surface area contributed by atoms with Gasteiger partial charge in [0.15, 0.2) is 0 Å². The van der Waals surface area contributed by atoms with Crippen molar-refractivity contribution in [3.63, 3.8) is 0 Å². The lowest BCUT2D eigenvalue weighted by Gasteiger charge is -2.24. The second-order valence-electron chi connectivity index (χ2n) is 7.01. The molecule has 0 aliphatic rings. The van der Waals surface area contributed by atoms with Crippen LogP contribution in [-0.2, 0) is 26.9 Å². The van der Waals surface area contributed by atoms with E-state index in [-0.39, 0.29) is 23.4 Å². The molecule has 1 amide bonds. The van der Waals surface area contributed by atoms with Crippen molar-refractivity contribution in [2.45, 2.75) is 43.8 Å². The van der Waals surface area contributed by atoms with Gasteiger partial charge in [-0.3, -0.25) is 4.79 Å². The van der Waals surface area contributed by atoms with Gasteiger partial charge < -0.3 is 11.1 Å². The third kappa shape index (κ3) is 4.74. The number of benzene rings is 2. The Labute approximate surface area is 161 Å². The predicted octanol–water partition coefficient (Wildman–Crippen LogP) is 2.21. The van der Waals surface area contributed by atoms with Crippen LogP contribution in [0.4, 0.5) is 0 Å². The zero-order valence-corrected chi connectivity index (χ0v) is 17.0. The first kappa shape index (κ1) is 21.1. The van der Waals surface area contributed by atoms with E-state index in [1.807, 2.05) is 44.2 Å². The first-order chi connectivity index (χ1) is 12.6. The molecule has 3 N–H and O–H groups in total. The SMILES string of the molecule is CC(C)N(C)S(=O)(=O)c1ccc(CNC(=O)C(C)(N)c2ccccc2)cc1. The van der Waals surface area contributed by atoms with Gasteiger partial charge in [-0.2, -0.15) is 4.31 Å². The molecule has 0 spiro atoms. The van der Waals surface area contributed by atoms with Gasteiger partial charge in [-0.25, -0.2) is 8.42 Å². The van der Waals surface area contributed by atoms with E-state index in [1.165, 1.54) is 4.31 Å². The number of hydrogen-bond donors (Lipinski definition) is 2. The third-order valence-corrected chi connectivity index (χ3v) is 6.67. The molecule has 0 saturated heterocycles. The minimum absolute atomic E-state index is 0.130. The fourth-order valence-electron chi connectivity index (χ4n) is 2.50. The van der Waals surface area contributed by atoms with Gasteiger partial charge in [-0.05, 0) is 44.0 Å². The molecule has 7 heteroatoms. The molecule has 0 heterocycles. The van der Waals surface area contributed by atoms with E-state index in [4.69, 9.17) is 5.73 Å². The Morgan fingerprint density at radius 3 is 2.19 bits per heavy atom. The van der Waals surface area contributed by atoms with Crippen LogP contribution in [0.2, 0.25) is 0 Å². The summed E-state index contributed by atoms with van der Waals surface area (Å²) in [4.78, 5) is 12.7. The molecule has 0 radical (unpaired) electrons. The van der Waals surface area contributed by atoms with E-state index in [0.717, 1.165) is 11.1 Å². The summed E-state index contributed by atoms with van der Waals surface area (Å²) in [6.07, 6.45) is 0. The number of carbonyl (C=O) groups is 1. The summed E-state index contributed by atoms with van der Waals surface area (Å²) in [6, 6.07) is 15.5. The van der Waals surface area contributed by atoms with Gasteiger partial charge in [0.25, 0.3) is 0 Å². The summed E-state index contributed by atoms with van der Waals surface area (Å²) in [5.41, 5.74) is 6.56. The molecule has 0 bridgehead atoms. The van der Waals surface area contributed by atoms with Gasteiger partial charge in [0, 0.05) is 19.6 Å². The number of rotatable bonds is 7. The van der Waals surface area contributed by atoms with Gasteiger partial charge >= 0.3 is 0 Å². The van der Waals surface area contributed by atoms with Gasteiger partial charge in [-0.15, -0.1) is 0 Å². The molecule has 6 nitrogen and oxygen atoms in total. The standard InChI is InChI=1S/C20H27N3O3S/c1-15(2)23(4)27(25,26)18-12-10-16(11-13-18)14-22-19(24)20(3,21)17-8-6-5-7-9-17/h5-13,15H,14,21H2,1-4H3,(H,22,24). The number of sulfonamides is 1. The number of hydrogen-bond acceptors (Lipinski definition) is 4. The first-order valence-electron chi connectivity index (χ1n) is 8.76. The Bertz CT molecular complexity index is 876. The maximum Gasteiger partial charge on any atom is 0.244 e. The third-order valence-electron chi connectivity index (χ3n) is 4.63. The van der Waals surface area contributed by atoms with Crippen molar-refractivity contribution in [2.75, 3.05) is 7.05 Å². The van der Waals surface area contributed by atoms with Crippen LogP contribution in [0.3, 0.4) is 0 Å². The Morgan fingerprint density at radius 2 is 1.67 bits per heavy atom. The Kier molecular flexibility index (Phi) is 6.41. The van der Waals surface area contributed by atoms with Gasteiger partial charge in [0.1, 0.15) is 5.54 Å². The van der Waals surface area contributed by atoms with E-state index >= 15 is 0 Å². The minimum atomic E-state index is -3.52. The monoisotopic (exact) mass is 389 g/mol. The van der Waals surface area contributed by atoms with Crippen LogP contribution in [0.5, 0.6) is 0 Å². The predicted molar refractivity (Wildman–Crippen MR) is 106 cm³/mol. The quantitative estimate of drug-likeness (QED) is 0.759. The largest absolute Gasteiger partial charge is 0.350 e. The molecule has 0 aliphatic carbocycles. The summed E-state index contributed by atoms with van der Waals surface area (Å²) in [5.74, 6) is -0.301. The minimum Gasteiger partial charge on any atom is -0.350 e. The summed E-state index contributed by atoms with van der Waals surface area (Å²) < 4.78 is 26.3. The first-order valence-corrected chi connectivity index (χ1v) is 10.2. The van der Waals surface area contributed by atoms with E-state index in [2.05, 4.69) is 5.32 Å². The van der Waals surface area contributed by atoms with E-state index in [1.54, 1.807) is 38.2 Å². The highest BCUT2D eigenvalue weighted by molar-refractivity contribution is 7.89. The molecule has 0 aliphatic heterocycles. The average Bonchev–Trinajstić information content (AvgIpc) is 2.66. The highest BCUT2D eigenvalue weighted by Gasteiger charge is 2.30. The van der Waals surface area contributed by atoms with Crippen LogP contribution in [0, 0.1) is 0 Å². The van der Waals surface area contributed by atoms with Gasteiger partial charge in [0.2, 0.25) is 15.9 Å². The molecule has 0 saturated carbocycles. The van der Waals surface area contributed by atoms with Crippen LogP contribution in [0.1, 0.15) is 31.9 Å². The lowest BCUT2D eigenvalue weighted by atomic mass is 9.92. The van der Waals surface area contributed by atoms with E-state index < -0.39 is 15.6 Å². The van der Waals surface area contributed by atoms with Crippen molar-refractivity contribution in [2.24, 2.45) is 5.73 Å². The lowest BCUT2D eigenvalue weighted by molar-refractivity contribution is -0.126. The molecule has 27 heavy (non-hydrogen) atoms. The number of amides is 1. The van der Waals surface area contributed by atoms with Crippen LogP contribution < -0.4 is 11.1 Å². The summed E-state index contributed by atoms with van der Waals surface area (Å²) in [7, 11) is -1.96. The topological polar surface area (TPSA) is 92.5 Å². The maximum absolute atomic E-state index is 12.5. The fourth-order valence-corrected chi connectivity index (χ4v) is 3.87. The summed E-state index contributed by atoms with van der Waals surface area (Å²) in [6.45, 7) is 5.56. The van der Waals surface area contributed by atoms with Crippen molar-refractivity contribution in [3.8, 4) is 0 Å². The Balaban J connectivity index is 2.06. The molecule has 2 aromatic carbocycles. The Hall–Kier alpha value is -2.22. The Morgan fingerprint density at radius 1 is 1.11 bits per heavy atom. The molecule has 146 valence electrons. The average molecular weight is 390 g/mol. The van der Waals surface area contributed by atoms with Gasteiger partial charge in [-0.1, -0.05) is 42.5 Å². The molecule has 2 aromatic rings. The van der Waals surface area contributed by atoms with Crippen LogP contribution in [0.15, 0.2) is 59.5 Å². The zero-order valence-electron chi connectivity index (χ0n) is 16.1. The smallest absolute Gasteiger partial charge is 0.244 e. The molecule has 0 aromatic heterocycles. The molecular formula is C20H27N3O3S. The normalized spacial score (nSPS) is 14.2. The number of nitrogens with two attached hydrogens (primary N) is 1. The lowest BCUT2D eigenvalue weighted by Crippen LogP contribution is -2.48. The van der Waals surface area contributed by atoms with Crippen LogP contribution in [-0.4, -0.2) is 31.7 Å². The van der Waals surface area contributed by atoms with Gasteiger partial charge in [0.05, 0.1) is 4.90 Å². The van der Waals surface area contributed by atoms with Crippen molar-refractivity contribution >= 4 is 15.9 Å². The van der Waals surface area contributed by atoms with Crippen LogP contribution >= 0.6 is 0 Å². The maximum atomic E-state index is 12.5. The zero-order chi connectivity index (χ0) is 20.2. The molecule has 1 atom stereocenters. The van der Waals surface area contributed by atoms with Crippen molar-refractivity contribution in [3.05, 3.63) is 65.7 Å². The summed E-state index contributed by atoms with van der Waals surface area (Å²) in [5, 5.41) is 2.81. The highest BCUT2D eigenvalue weighted by atomic mass is 32.2. The van der Waals surface area contributed by atoms with Crippen molar-refractivity contribution in [1.82, 2.24) is 9.62 Å². The number of nitrogens with one attached hydrogen (secondary N) is 1. The summed E-state index contributed by atoms with van der Waals surface area (Å²) >= 11 is 0. The van der Waals surface area contributed by atoms with E-state index in [9.17, 15) is 13.2 Å². The molecule has 2 rings (SSSR count). The number of carbonyl (C=O) groups excluding carboxylic acids is 1. The van der Waals surface area contributed by atoms with Crippen molar-refractivity contribution < 1.29 is 13.2 Å².